The van der Waals surface area contributed by atoms with E-state index in [0.717, 1.165) is 22.3 Å². The van der Waals surface area contributed by atoms with Crippen LogP contribution in [0.5, 0.6) is 0 Å². The van der Waals surface area contributed by atoms with E-state index >= 15 is 0 Å². The summed E-state index contributed by atoms with van der Waals surface area (Å²) in [5.74, 6) is -1.99. The number of amides is 2. The lowest BCUT2D eigenvalue weighted by atomic mass is 9.98. The van der Waals surface area contributed by atoms with Crippen molar-refractivity contribution in [2.45, 2.75) is 23.9 Å². The first-order valence-corrected chi connectivity index (χ1v) is 10.7. The third kappa shape index (κ3) is 4.55. The Bertz CT molecular complexity index is 1000. The highest BCUT2D eigenvalue weighted by molar-refractivity contribution is 5.91. The number of methoxy groups -OCH3 is 1. The lowest BCUT2D eigenvalue weighted by Crippen LogP contribution is -2.60. The van der Waals surface area contributed by atoms with E-state index in [2.05, 4.69) is 10.6 Å². The molecule has 2 aromatic carbocycles. The molecule has 9 nitrogen and oxygen atoms in total. The molecule has 0 saturated carbocycles. The highest BCUT2D eigenvalue weighted by atomic mass is 16.5. The predicted octanol–water partition coefficient (Wildman–Crippen LogP) is 1.90. The summed E-state index contributed by atoms with van der Waals surface area (Å²) in [7, 11) is 1.38. The fraction of sp³-hybridized carbons (Fsp3) is 0.375. The summed E-state index contributed by atoms with van der Waals surface area (Å²) < 4.78 is 15.7. The number of ether oxygens (including phenoxy) is 3. The standard InChI is InChI=1S/C24H26N2O7/c1-31-13-20(21(27)26-24(22(28)29)10-11-32-14-24)25-23(30)33-12-19-17-8-4-2-6-15(17)16-7-3-5-9-18(16)19/h2-9,19-20H,10-14H2,1H3,(H,25,30)(H,26,27)(H,28,29)/t20-,24?/m0/s1. The molecule has 1 saturated heterocycles. The Morgan fingerprint density at radius 2 is 1.76 bits per heavy atom. The lowest BCUT2D eigenvalue weighted by molar-refractivity contribution is -0.148. The average molecular weight is 454 g/mol. The molecule has 2 aliphatic rings. The van der Waals surface area contributed by atoms with Gasteiger partial charge in [0, 0.05) is 26.1 Å². The third-order valence-corrected chi connectivity index (χ3v) is 6.08. The summed E-state index contributed by atoms with van der Waals surface area (Å²) in [5, 5.41) is 14.5. The van der Waals surface area contributed by atoms with E-state index in [4.69, 9.17) is 14.2 Å². The van der Waals surface area contributed by atoms with Gasteiger partial charge in [0.25, 0.3) is 0 Å². The zero-order valence-corrected chi connectivity index (χ0v) is 18.2. The predicted molar refractivity (Wildman–Crippen MR) is 118 cm³/mol. The summed E-state index contributed by atoms with van der Waals surface area (Å²) in [6.45, 7) is 0.0285. The van der Waals surface area contributed by atoms with Crippen molar-refractivity contribution in [2.24, 2.45) is 0 Å². The average Bonchev–Trinajstić information content (AvgIpc) is 3.41. The SMILES string of the molecule is COC[C@H](NC(=O)OCC1c2ccccc2-c2ccccc21)C(=O)NC1(C(=O)O)CCOC1. The molecule has 1 aliphatic heterocycles. The van der Waals surface area contributed by atoms with Crippen LogP contribution in [0.3, 0.4) is 0 Å². The maximum atomic E-state index is 12.7. The molecule has 4 rings (SSSR count). The van der Waals surface area contributed by atoms with Gasteiger partial charge in [-0.15, -0.1) is 0 Å². The van der Waals surface area contributed by atoms with Gasteiger partial charge in [-0.05, 0) is 22.3 Å². The minimum absolute atomic E-state index is 0.0914. The van der Waals surface area contributed by atoms with Crippen molar-refractivity contribution in [1.82, 2.24) is 10.6 Å². The Kier molecular flexibility index (Phi) is 6.62. The maximum absolute atomic E-state index is 12.7. The van der Waals surface area contributed by atoms with Crippen LogP contribution in [-0.4, -0.2) is 68.2 Å². The summed E-state index contributed by atoms with van der Waals surface area (Å²) in [6.07, 6.45) is -0.653. The molecule has 2 atom stereocenters. The Labute approximate surface area is 191 Å². The molecule has 174 valence electrons. The summed E-state index contributed by atoms with van der Waals surface area (Å²) in [5.41, 5.74) is 2.84. The van der Waals surface area contributed by atoms with Crippen molar-refractivity contribution in [3.8, 4) is 11.1 Å². The van der Waals surface area contributed by atoms with Gasteiger partial charge in [0.05, 0.1) is 13.2 Å². The van der Waals surface area contributed by atoms with Crippen molar-refractivity contribution < 1.29 is 33.7 Å². The third-order valence-electron chi connectivity index (χ3n) is 6.08. The van der Waals surface area contributed by atoms with Gasteiger partial charge >= 0.3 is 12.1 Å². The Morgan fingerprint density at radius 1 is 1.12 bits per heavy atom. The maximum Gasteiger partial charge on any atom is 0.407 e. The molecular formula is C24H26N2O7. The molecule has 0 aromatic heterocycles. The number of carboxylic acids is 1. The van der Waals surface area contributed by atoms with Crippen LogP contribution in [0.4, 0.5) is 4.79 Å². The Balaban J connectivity index is 1.41. The van der Waals surface area contributed by atoms with Crippen molar-refractivity contribution in [2.75, 3.05) is 33.5 Å². The molecular weight excluding hydrogens is 428 g/mol. The molecule has 1 fully saturated rings. The van der Waals surface area contributed by atoms with Crippen LogP contribution in [0.2, 0.25) is 0 Å². The molecule has 1 aliphatic carbocycles. The summed E-state index contributed by atoms with van der Waals surface area (Å²) in [4.78, 5) is 37.0. The smallest absolute Gasteiger partial charge is 0.407 e. The van der Waals surface area contributed by atoms with Crippen LogP contribution in [0.25, 0.3) is 11.1 Å². The molecule has 2 amide bonds. The number of hydrogen-bond acceptors (Lipinski definition) is 6. The van der Waals surface area contributed by atoms with Crippen LogP contribution >= 0.6 is 0 Å². The molecule has 1 unspecified atom stereocenters. The lowest BCUT2D eigenvalue weighted by Gasteiger charge is -2.27. The van der Waals surface area contributed by atoms with Crippen molar-refractivity contribution in [3.05, 3.63) is 59.7 Å². The molecule has 0 spiro atoms. The van der Waals surface area contributed by atoms with Crippen LogP contribution in [0.1, 0.15) is 23.5 Å². The number of aliphatic carboxylic acids is 1. The van der Waals surface area contributed by atoms with Crippen LogP contribution in [0.15, 0.2) is 48.5 Å². The number of fused-ring (bicyclic) bond motifs is 3. The van der Waals surface area contributed by atoms with Gasteiger partial charge in [-0.2, -0.15) is 0 Å². The van der Waals surface area contributed by atoms with Crippen molar-refractivity contribution in [1.29, 1.82) is 0 Å². The summed E-state index contributed by atoms with van der Waals surface area (Å²) in [6, 6.07) is 14.8. The minimum atomic E-state index is -1.52. The van der Waals surface area contributed by atoms with Gasteiger partial charge < -0.3 is 30.0 Å². The van der Waals surface area contributed by atoms with Crippen LogP contribution < -0.4 is 10.6 Å². The molecule has 9 heteroatoms. The highest BCUT2D eigenvalue weighted by Crippen LogP contribution is 2.44. The normalized spacial score (nSPS) is 19.9. The van der Waals surface area contributed by atoms with E-state index in [-0.39, 0.29) is 38.8 Å². The Morgan fingerprint density at radius 3 is 2.30 bits per heavy atom. The van der Waals surface area contributed by atoms with Crippen molar-refractivity contribution >= 4 is 18.0 Å². The van der Waals surface area contributed by atoms with E-state index in [1.165, 1.54) is 7.11 Å². The second kappa shape index (κ2) is 9.60. The molecule has 33 heavy (non-hydrogen) atoms. The van der Waals surface area contributed by atoms with Gasteiger partial charge in [0.1, 0.15) is 12.6 Å². The van der Waals surface area contributed by atoms with Crippen LogP contribution in [-0.2, 0) is 23.8 Å². The number of rotatable bonds is 8. The van der Waals surface area contributed by atoms with E-state index in [0.29, 0.717) is 0 Å². The topological polar surface area (TPSA) is 123 Å². The Hall–Kier alpha value is -3.43. The quantitative estimate of drug-likeness (QED) is 0.557. The van der Waals surface area contributed by atoms with Gasteiger partial charge in [-0.1, -0.05) is 48.5 Å². The second-order valence-electron chi connectivity index (χ2n) is 8.16. The van der Waals surface area contributed by atoms with E-state index in [9.17, 15) is 19.5 Å². The van der Waals surface area contributed by atoms with E-state index in [1.54, 1.807) is 0 Å². The molecule has 1 heterocycles. The number of benzene rings is 2. The number of carbonyl (C=O) groups excluding carboxylic acids is 2. The molecule has 0 radical (unpaired) electrons. The first-order chi connectivity index (χ1) is 15.9. The number of carbonyl (C=O) groups is 3. The molecule has 3 N–H and O–H groups in total. The first kappa shape index (κ1) is 22.8. The van der Waals surface area contributed by atoms with Crippen LogP contribution in [0, 0.1) is 0 Å². The minimum Gasteiger partial charge on any atom is -0.479 e. The largest absolute Gasteiger partial charge is 0.479 e. The zero-order chi connectivity index (χ0) is 23.4. The highest BCUT2D eigenvalue weighted by Gasteiger charge is 2.45. The van der Waals surface area contributed by atoms with Gasteiger partial charge in [-0.25, -0.2) is 9.59 Å². The fourth-order valence-corrected chi connectivity index (χ4v) is 4.34. The van der Waals surface area contributed by atoms with Gasteiger partial charge in [0.2, 0.25) is 5.91 Å². The van der Waals surface area contributed by atoms with Gasteiger partial charge in [-0.3, -0.25) is 4.79 Å². The van der Waals surface area contributed by atoms with E-state index in [1.807, 2.05) is 48.5 Å². The second-order valence-corrected chi connectivity index (χ2v) is 8.16. The first-order valence-electron chi connectivity index (χ1n) is 10.7. The fourth-order valence-electron chi connectivity index (χ4n) is 4.34. The number of alkyl carbamates (subject to hydrolysis) is 1. The zero-order valence-electron chi connectivity index (χ0n) is 18.2. The molecule has 2 aromatic rings. The van der Waals surface area contributed by atoms with Gasteiger partial charge in [0.15, 0.2) is 5.54 Å². The number of carboxylic acid groups (broad SMARTS) is 1. The summed E-state index contributed by atoms with van der Waals surface area (Å²) >= 11 is 0. The number of nitrogens with one attached hydrogen (secondary N) is 2. The van der Waals surface area contributed by atoms with E-state index < -0.39 is 29.6 Å². The molecule has 0 bridgehead atoms. The number of hydrogen-bond donors (Lipinski definition) is 3. The monoisotopic (exact) mass is 454 g/mol. The van der Waals surface area contributed by atoms with Crippen molar-refractivity contribution in [3.63, 3.8) is 0 Å².